The van der Waals surface area contributed by atoms with Crippen LogP contribution in [0.15, 0.2) is 48.7 Å². The Morgan fingerprint density at radius 1 is 1.07 bits per heavy atom. The zero-order valence-electron chi connectivity index (χ0n) is 15.3. The van der Waals surface area contributed by atoms with Crippen molar-refractivity contribution in [3.63, 3.8) is 0 Å². The molecule has 1 heterocycles. The van der Waals surface area contributed by atoms with Gasteiger partial charge in [0.25, 0.3) is 0 Å². The Balaban J connectivity index is 0.00000261. The Kier molecular flexibility index (Phi) is 7.95. The van der Waals surface area contributed by atoms with Crippen molar-refractivity contribution < 1.29 is 53.0 Å². The van der Waals surface area contributed by atoms with Crippen molar-refractivity contribution in [2.75, 3.05) is 19.5 Å². The molecule has 2 aromatic carbocycles. The van der Waals surface area contributed by atoms with E-state index >= 15 is 0 Å². The molecule has 136 valence electrons. The molecule has 1 atom stereocenters. The second kappa shape index (κ2) is 9.97. The molecule has 0 fully saturated rings. The Morgan fingerprint density at radius 3 is 2.37 bits per heavy atom. The predicted molar refractivity (Wildman–Crippen MR) is 98.2 cm³/mol. The van der Waals surface area contributed by atoms with Crippen molar-refractivity contribution >= 4 is 24.8 Å². The van der Waals surface area contributed by atoms with Gasteiger partial charge >= 0.3 is 29.6 Å². The molecule has 7 nitrogen and oxygen atoms in total. The summed E-state index contributed by atoms with van der Waals surface area (Å²) in [5, 5.41) is 4.27. The Labute approximate surface area is 179 Å². The normalized spacial score (nSPS) is 11.4. The van der Waals surface area contributed by atoms with Crippen LogP contribution in [0.4, 0.5) is 5.69 Å². The van der Waals surface area contributed by atoms with Crippen molar-refractivity contribution in [1.29, 1.82) is 0 Å². The van der Waals surface area contributed by atoms with Crippen molar-refractivity contribution in [3.8, 4) is 17.2 Å². The van der Waals surface area contributed by atoms with Crippen LogP contribution in [0.2, 0.25) is 0 Å². The summed E-state index contributed by atoms with van der Waals surface area (Å²) >= 11 is 0. The van der Waals surface area contributed by atoms with E-state index < -0.39 is 8.25 Å². The number of nitrogens with zero attached hydrogens (tertiary/aromatic N) is 1. The number of benzene rings is 2. The van der Waals surface area contributed by atoms with Crippen LogP contribution in [0.3, 0.4) is 0 Å². The molecule has 0 saturated heterocycles. The number of ether oxygens (including phenoxy) is 2. The fourth-order valence-electron chi connectivity index (χ4n) is 2.60. The minimum atomic E-state index is -3.24. The van der Waals surface area contributed by atoms with Crippen LogP contribution in [0.1, 0.15) is 5.56 Å². The molecule has 1 unspecified atom stereocenters. The number of pyridine rings is 1. The number of fused-ring (bicyclic) bond motifs is 1. The van der Waals surface area contributed by atoms with E-state index in [0.717, 1.165) is 22.2 Å². The van der Waals surface area contributed by atoms with Gasteiger partial charge in [-0.3, -0.25) is 9.55 Å². The standard InChI is InChI=1S/C18H19N2O5P.Na/c1-23-17-9-14-15(7-8-19-16(14)10-18(17)24-2)20-11-12-3-5-13(6-4-12)25-26(21)22;/h3-10,26H,11H2,1-2H3,(H,19,20)(H,21,22);/q;+1/p-1. The first-order valence-electron chi connectivity index (χ1n) is 7.83. The van der Waals surface area contributed by atoms with E-state index in [1.165, 1.54) is 0 Å². The van der Waals surface area contributed by atoms with Gasteiger partial charge in [-0.25, -0.2) is 0 Å². The number of hydrogen-bond donors (Lipinski definition) is 1. The molecule has 3 rings (SSSR count). The second-order valence-electron chi connectivity index (χ2n) is 5.43. The maximum atomic E-state index is 10.6. The smallest absolute Gasteiger partial charge is 0.771 e. The van der Waals surface area contributed by atoms with E-state index in [9.17, 15) is 9.46 Å². The summed E-state index contributed by atoms with van der Waals surface area (Å²) < 4.78 is 26.0. The van der Waals surface area contributed by atoms with Gasteiger partial charge in [-0.1, -0.05) is 12.1 Å². The van der Waals surface area contributed by atoms with E-state index in [0.29, 0.717) is 23.8 Å². The quantitative estimate of drug-likeness (QED) is 0.444. The molecule has 0 spiro atoms. The molecule has 1 N–H and O–H groups in total. The van der Waals surface area contributed by atoms with E-state index in [1.54, 1.807) is 44.7 Å². The van der Waals surface area contributed by atoms with Crippen LogP contribution < -0.4 is 53.8 Å². The fraction of sp³-hybridized carbons (Fsp3) is 0.167. The minimum Gasteiger partial charge on any atom is -0.771 e. The number of hydrogen-bond acceptors (Lipinski definition) is 7. The number of aromatic nitrogens is 1. The number of rotatable bonds is 7. The maximum Gasteiger partial charge on any atom is 1.00 e. The summed E-state index contributed by atoms with van der Waals surface area (Å²) in [5.74, 6) is 1.56. The Hall–Kier alpha value is -1.76. The van der Waals surface area contributed by atoms with Gasteiger partial charge in [0, 0.05) is 29.9 Å². The summed E-state index contributed by atoms with van der Waals surface area (Å²) in [5.41, 5.74) is 2.67. The van der Waals surface area contributed by atoms with Gasteiger partial charge in [0.2, 0.25) is 0 Å². The molecule has 0 aliphatic carbocycles. The molecule has 0 radical (unpaired) electrons. The largest absolute Gasteiger partial charge is 1.00 e. The van der Waals surface area contributed by atoms with Crippen molar-refractivity contribution in [3.05, 3.63) is 54.2 Å². The molecule has 9 heteroatoms. The molecule has 3 aromatic rings. The summed E-state index contributed by atoms with van der Waals surface area (Å²) in [6.07, 6.45) is 1.72. The minimum absolute atomic E-state index is 0. The molecule has 0 aliphatic rings. The predicted octanol–water partition coefficient (Wildman–Crippen LogP) is -0.00310. The van der Waals surface area contributed by atoms with Crippen molar-refractivity contribution in [1.82, 2.24) is 4.98 Å². The molecular formula is C18H18N2NaO5P. The van der Waals surface area contributed by atoms with Crippen LogP contribution in [-0.4, -0.2) is 19.2 Å². The van der Waals surface area contributed by atoms with Gasteiger partial charge in [-0.2, -0.15) is 0 Å². The Morgan fingerprint density at radius 2 is 1.74 bits per heavy atom. The van der Waals surface area contributed by atoms with E-state index in [2.05, 4.69) is 14.8 Å². The monoisotopic (exact) mass is 396 g/mol. The van der Waals surface area contributed by atoms with Gasteiger partial charge in [-0.15, -0.1) is 0 Å². The zero-order chi connectivity index (χ0) is 18.5. The average molecular weight is 396 g/mol. The fourth-order valence-corrected chi connectivity index (χ4v) is 2.92. The van der Waals surface area contributed by atoms with E-state index in [4.69, 9.17) is 9.47 Å². The number of anilines is 1. The molecule has 27 heavy (non-hydrogen) atoms. The number of nitrogens with one attached hydrogen (secondary N) is 1. The SMILES string of the molecule is COc1cc2nccc(NCc3ccc(O[PH](=O)[O-])cc3)c2cc1OC.[Na+]. The van der Waals surface area contributed by atoms with Crippen LogP contribution in [-0.2, 0) is 11.1 Å². The first kappa shape index (κ1) is 21.5. The third-order valence-electron chi connectivity index (χ3n) is 3.85. The summed E-state index contributed by atoms with van der Waals surface area (Å²) in [6.45, 7) is 0.556. The zero-order valence-corrected chi connectivity index (χ0v) is 18.3. The van der Waals surface area contributed by atoms with Gasteiger partial charge in [0.05, 0.1) is 19.7 Å². The second-order valence-corrected chi connectivity index (χ2v) is 6.14. The third kappa shape index (κ3) is 5.37. The number of methoxy groups -OCH3 is 2. The van der Waals surface area contributed by atoms with Crippen molar-refractivity contribution in [2.24, 2.45) is 0 Å². The molecule has 0 amide bonds. The third-order valence-corrected chi connectivity index (χ3v) is 4.26. The topological polar surface area (TPSA) is 92.7 Å². The van der Waals surface area contributed by atoms with Crippen LogP contribution in [0.25, 0.3) is 10.9 Å². The van der Waals surface area contributed by atoms with Crippen LogP contribution >= 0.6 is 8.25 Å². The summed E-state index contributed by atoms with van der Waals surface area (Å²) in [7, 11) is -0.0585. The van der Waals surface area contributed by atoms with Crippen LogP contribution in [0, 0.1) is 0 Å². The molecule has 0 aliphatic heterocycles. The van der Waals surface area contributed by atoms with Gasteiger partial charge in [-0.05, 0) is 29.8 Å². The van der Waals surface area contributed by atoms with Gasteiger partial charge in [0.15, 0.2) is 19.8 Å². The first-order valence-corrected chi connectivity index (χ1v) is 9.05. The van der Waals surface area contributed by atoms with Gasteiger partial charge in [0.1, 0.15) is 5.75 Å². The maximum absolute atomic E-state index is 10.6. The van der Waals surface area contributed by atoms with Crippen molar-refractivity contribution in [2.45, 2.75) is 6.54 Å². The summed E-state index contributed by atoms with van der Waals surface area (Å²) in [6, 6.07) is 12.4. The summed E-state index contributed by atoms with van der Waals surface area (Å²) in [4.78, 5) is 15.0. The average Bonchev–Trinajstić information content (AvgIpc) is 2.65. The van der Waals surface area contributed by atoms with E-state index in [1.807, 2.05) is 18.2 Å². The van der Waals surface area contributed by atoms with Crippen LogP contribution in [0.5, 0.6) is 17.2 Å². The Bertz CT molecular complexity index is 937. The first-order chi connectivity index (χ1) is 12.6. The van der Waals surface area contributed by atoms with E-state index in [-0.39, 0.29) is 29.6 Å². The molecule has 1 aromatic heterocycles. The molecule has 0 saturated carbocycles. The molecule has 0 bridgehead atoms. The molecular weight excluding hydrogens is 378 g/mol. The van der Waals surface area contributed by atoms with Gasteiger partial charge < -0.3 is 24.2 Å².